The van der Waals surface area contributed by atoms with Crippen molar-refractivity contribution in [2.45, 2.75) is 24.3 Å². The fourth-order valence-electron chi connectivity index (χ4n) is 3.05. The van der Waals surface area contributed by atoms with E-state index in [-0.39, 0.29) is 17.7 Å². The summed E-state index contributed by atoms with van der Waals surface area (Å²) in [6.45, 7) is 4.26. The van der Waals surface area contributed by atoms with E-state index in [4.69, 9.17) is 0 Å². The summed E-state index contributed by atoms with van der Waals surface area (Å²) < 4.78 is 0.514. The van der Waals surface area contributed by atoms with Gasteiger partial charge < -0.3 is 10.2 Å². The van der Waals surface area contributed by atoms with Crippen molar-refractivity contribution in [3.05, 3.63) is 35.4 Å². The summed E-state index contributed by atoms with van der Waals surface area (Å²) in [5, 5.41) is 2.99. The van der Waals surface area contributed by atoms with Gasteiger partial charge in [0.05, 0.1) is 4.58 Å². The van der Waals surface area contributed by atoms with Gasteiger partial charge in [-0.3, -0.25) is 9.59 Å². The Morgan fingerprint density at radius 2 is 2.00 bits per heavy atom. The molecule has 6 heteroatoms. The van der Waals surface area contributed by atoms with Gasteiger partial charge in [0.25, 0.3) is 5.91 Å². The maximum absolute atomic E-state index is 12.3. The quantitative estimate of drug-likeness (QED) is 0.842. The summed E-state index contributed by atoms with van der Waals surface area (Å²) in [6.07, 6.45) is 1.63. The van der Waals surface area contributed by atoms with Crippen LogP contribution in [0, 0.1) is 5.92 Å². The Hall–Kier alpha value is -1.14. The number of hydrogen-bond donors (Lipinski definition) is 1. The molecule has 4 nitrogen and oxygen atoms in total. The lowest BCUT2D eigenvalue weighted by Gasteiger charge is -2.21. The highest BCUT2D eigenvalue weighted by atomic mass is 32.2. The topological polar surface area (TPSA) is 49.4 Å². The number of benzene rings is 1. The van der Waals surface area contributed by atoms with Crippen LogP contribution in [0.15, 0.2) is 24.3 Å². The van der Waals surface area contributed by atoms with E-state index in [1.165, 1.54) is 17.1 Å². The maximum Gasteiger partial charge on any atom is 0.251 e. The average Bonchev–Trinajstić information content (AvgIpc) is 3.25. The van der Waals surface area contributed by atoms with Gasteiger partial charge in [0.15, 0.2) is 0 Å². The summed E-state index contributed by atoms with van der Waals surface area (Å²) in [4.78, 5) is 25.8. The van der Waals surface area contributed by atoms with E-state index >= 15 is 0 Å². The van der Waals surface area contributed by atoms with Crippen LogP contribution in [-0.4, -0.2) is 47.9 Å². The third kappa shape index (κ3) is 4.48. The lowest BCUT2D eigenvalue weighted by molar-refractivity contribution is -0.128. The van der Waals surface area contributed by atoms with Gasteiger partial charge in [-0.1, -0.05) is 19.1 Å². The molecule has 2 fully saturated rings. The Balaban J connectivity index is 1.46. The standard InChI is InChI=1S/C18H24N2O2S2/c1-13(12-20-8-2-3-16(20)21)11-19-17(22)14-4-6-15(7-5-14)18-23-9-10-24-18/h4-7,13,18H,2-3,8-12H2,1H3,(H,19,22). The number of nitrogens with zero attached hydrogens (tertiary/aromatic N) is 1. The van der Waals surface area contributed by atoms with Gasteiger partial charge in [-0.25, -0.2) is 0 Å². The molecule has 24 heavy (non-hydrogen) atoms. The lowest BCUT2D eigenvalue weighted by atomic mass is 10.1. The third-order valence-corrected chi connectivity index (χ3v) is 7.49. The van der Waals surface area contributed by atoms with Crippen LogP contribution >= 0.6 is 23.5 Å². The number of rotatable bonds is 6. The van der Waals surface area contributed by atoms with E-state index in [2.05, 4.69) is 24.4 Å². The Morgan fingerprint density at radius 1 is 1.29 bits per heavy atom. The Bertz CT molecular complexity index is 585. The van der Waals surface area contributed by atoms with Crippen molar-refractivity contribution in [2.75, 3.05) is 31.1 Å². The predicted octanol–water partition coefficient (Wildman–Crippen LogP) is 3.15. The Morgan fingerprint density at radius 3 is 2.62 bits per heavy atom. The van der Waals surface area contributed by atoms with Crippen molar-refractivity contribution < 1.29 is 9.59 Å². The van der Waals surface area contributed by atoms with Crippen LogP contribution in [0.3, 0.4) is 0 Å². The van der Waals surface area contributed by atoms with Gasteiger partial charge in [-0.15, -0.1) is 23.5 Å². The van der Waals surface area contributed by atoms with Crippen molar-refractivity contribution in [3.63, 3.8) is 0 Å². The van der Waals surface area contributed by atoms with Gasteiger partial charge in [0.2, 0.25) is 5.91 Å². The fourth-order valence-corrected chi connectivity index (χ4v) is 5.91. The summed E-state index contributed by atoms with van der Waals surface area (Å²) in [5.41, 5.74) is 2.00. The zero-order valence-corrected chi connectivity index (χ0v) is 15.6. The second kappa shape index (κ2) is 8.30. The molecule has 0 saturated carbocycles. The van der Waals surface area contributed by atoms with E-state index in [1.807, 2.05) is 40.6 Å². The molecule has 0 spiro atoms. The molecule has 2 heterocycles. The Kier molecular flexibility index (Phi) is 6.11. The predicted molar refractivity (Wildman–Crippen MR) is 101 cm³/mol. The molecule has 2 aliphatic rings. The van der Waals surface area contributed by atoms with Crippen molar-refractivity contribution in [2.24, 2.45) is 5.92 Å². The van der Waals surface area contributed by atoms with Crippen molar-refractivity contribution in [1.29, 1.82) is 0 Å². The number of likely N-dealkylation sites (tertiary alicyclic amines) is 1. The number of carbonyl (C=O) groups is 2. The van der Waals surface area contributed by atoms with E-state index < -0.39 is 0 Å². The molecule has 2 aliphatic heterocycles. The number of thioether (sulfide) groups is 2. The normalized spacial score (nSPS) is 19.7. The van der Waals surface area contributed by atoms with E-state index in [9.17, 15) is 9.59 Å². The van der Waals surface area contributed by atoms with Gasteiger partial charge in [-0.05, 0) is 30.0 Å². The number of nitrogens with one attached hydrogen (secondary N) is 1. The highest BCUT2D eigenvalue weighted by Crippen LogP contribution is 2.45. The van der Waals surface area contributed by atoms with E-state index in [0.29, 0.717) is 23.1 Å². The first-order valence-corrected chi connectivity index (χ1v) is 10.6. The maximum atomic E-state index is 12.3. The highest BCUT2D eigenvalue weighted by molar-refractivity contribution is 8.19. The summed E-state index contributed by atoms with van der Waals surface area (Å²) in [5.74, 6) is 2.88. The molecule has 1 aromatic rings. The molecular weight excluding hydrogens is 340 g/mol. The summed E-state index contributed by atoms with van der Waals surface area (Å²) in [6, 6.07) is 7.96. The fraction of sp³-hybridized carbons (Fsp3) is 0.556. The molecule has 2 saturated heterocycles. The third-order valence-electron chi connectivity index (χ3n) is 4.38. The van der Waals surface area contributed by atoms with Crippen LogP contribution in [-0.2, 0) is 4.79 Å². The number of carbonyl (C=O) groups excluding carboxylic acids is 2. The van der Waals surface area contributed by atoms with Crippen LogP contribution in [0.5, 0.6) is 0 Å². The molecule has 2 amide bonds. The first-order chi connectivity index (χ1) is 11.6. The van der Waals surface area contributed by atoms with E-state index in [0.717, 1.165) is 19.5 Å². The minimum atomic E-state index is -0.0344. The minimum absolute atomic E-state index is 0.0344. The van der Waals surface area contributed by atoms with Crippen LogP contribution < -0.4 is 5.32 Å². The monoisotopic (exact) mass is 364 g/mol. The van der Waals surface area contributed by atoms with Crippen LogP contribution in [0.2, 0.25) is 0 Å². The van der Waals surface area contributed by atoms with Gasteiger partial charge in [0.1, 0.15) is 0 Å². The molecule has 130 valence electrons. The van der Waals surface area contributed by atoms with Gasteiger partial charge >= 0.3 is 0 Å². The number of hydrogen-bond acceptors (Lipinski definition) is 4. The number of amides is 2. The highest BCUT2D eigenvalue weighted by Gasteiger charge is 2.22. The van der Waals surface area contributed by atoms with Crippen LogP contribution in [0.1, 0.15) is 40.3 Å². The van der Waals surface area contributed by atoms with Gasteiger partial charge in [0, 0.05) is 43.1 Å². The molecular formula is C18H24N2O2S2. The van der Waals surface area contributed by atoms with Crippen molar-refractivity contribution >= 4 is 35.3 Å². The molecule has 0 bridgehead atoms. The second-order valence-corrected chi connectivity index (χ2v) is 9.18. The molecule has 0 aromatic heterocycles. The molecule has 1 atom stereocenters. The summed E-state index contributed by atoms with van der Waals surface area (Å²) >= 11 is 3.94. The Labute approximate surface area is 152 Å². The molecule has 1 N–H and O–H groups in total. The molecule has 0 radical (unpaired) electrons. The largest absolute Gasteiger partial charge is 0.352 e. The van der Waals surface area contributed by atoms with Crippen LogP contribution in [0.4, 0.5) is 0 Å². The van der Waals surface area contributed by atoms with Crippen LogP contribution in [0.25, 0.3) is 0 Å². The zero-order valence-electron chi connectivity index (χ0n) is 14.0. The van der Waals surface area contributed by atoms with Gasteiger partial charge in [-0.2, -0.15) is 0 Å². The zero-order chi connectivity index (χ0) is 16.9. The molecule has 0 aliphatic carbocycles. The first kappa shape index (κ1) is 17.7. The summed E-state index contributed by atoms with van der Waals surface area (Å²) in [7, 11) is 0. The van der Waals surface area contributed by atoms with Crippen molar-refractivity contribution in [1.82, 2.24) is 10.2 Å². The lowest BCUT2D eigenvalue weighted by Crippen LogP contribution is -2.36. The smallest absolute Gasteiger partial charge is 0.251 e. The molecule has 1 aromatic carbocycles. The molecule has 1 unspecified atom stereocenters. The molecule has 3 rings (SSSR count). The van der Waals surface area contributed by atoms with E-state index in [1.54, 1.807) is 0 Å². The van der Waals surface area contributed by atoms with Crippen molar-refractivity contribution in [3.8, 4) is 0 Å². The minimum Gasteiger partial charge on any atom is -0.352 e. The first-order valence-electron chi connectivity index (χ1n) is 8.52. The second-order valence-electron chi connectivity index (χ2n) is 6.45. The SMILES string of the molecule is CC(CNC(=O)c1ccc(C2SCCS2)cc1)CN1CCCC1=O. The average molecular weight is 365 g/mol.